The van der Waals surface area contributed by atoms with Gasteiger partial charge in [-0.05, 0) is 17.7 Å². The largest absolute Gasteiger partial charge is 0.497 e. The van der Waals surface area contributed by atoms with Gasteiger partial charge in [-0.3, -0.25) is 0 Å². The van der Waals surface area contributed by atoms with Crippen molar-refractivity contribution in [2.24, 2.45) is 5.73 Å². The highest BCUT2D eigenvalue weighted by Gasteiger charge is 2.01. The van der Waals surface area contributed by atoms with Crippen molar-refractivity contribution in [3.63, 3.8) is 0 Å². The molecule has 0 aliphatic rings. The zero-order valence-electron chi connectivity index (χ0n) is 6.95. The van der Waals surface area contributed by atoms with Crippen LogP contribution in [-0.4, -0.2) is 7.11 Å². The van der Waals surface area contributed by atoms with E-state index in [1.165, 1.54) is 0 Å². The summed E-state index contributed by atoms with van der Waals surface area (Å²) in [5, 5.41) is 0. The summed E-state index contributed by atoms with van der Waals surface area (Å²) in [6.45, 7) is 0. The van der Waals surface area contributed by atoms with E-state index in [1.807, 2.05) is 24.3 Å². The van der Waals surface area contributed by atoms with E-state index in [2.05, 4.69) is 5.92 Å². The maximum Gasteiger partial charge on any atom is 0.119 e. The van der Waals surface area contributed by atoms with Gasteiger partial charge in [-0.25, -0.2) is 0 Å². The van der Waals surface area contributed by atoms with Crippen LogP contribution in [0, 0.1) is 12.3 Å². The number of terminal acetylenes is 1. The Hall–Kier alpha value is -1.46. The molecule has 0 aromatic heterocycles. The summed E-state index contributed by atoms with van der Waals surface area (Å²) in [5.41, 5.74) is 6.53. The molecular weight excluding hydrogens is 150 g/mol. The van der Waals surface area contributed by atoms with Gasteiger partial charge in [-0.1, -0.05) is 18.1 Å². The summed E-state index contributed by atoms with van der Waals surface area (Å²) in [4.78, 5) is 0. The lowest BCUT2D eigenvalue weighted by Crippen LogP contribution is -2.06. The standard InChI is InChI=1S/C10H11NO/c1-3-10(11)8-5-4-6-9(7-8)12-2/h1,4-7,10H,11H2,2H3. The van der Waals surface area contributed by atoms with Crippen LogP contribution in [0.4, 0.5) is 0 Å². The first kappa shape index (κ1) is 8.63. The number of methoxy groups -OCH3 is 1. The highest BCUT2D eigenvalue weighted by molar-refractivity contribution is 5.33. The molecule has 62 valence electrons. The number of ether oxygens (including phenoxy) is 1. The lowest BCUT2D eigenvalue weighted by molar-refractivity contribution is 0.414. The van der Waals surface area contributed by atoms with Crippen molar-refractivity contribution in [3.8, 4) is 18.1 Å². The van der Waals surface area contributed by atoms with Crippen molar-refractivity contribution in [3.05, 3.63) is 29.8 Å². The van der Waals surface area contributed by atoms with E-state index in [4.69, 9.17) is 16.9 Å². The van der Waals surface area contributed by atoms with Crippen LogP contribution in [0.3, 0.4) is 0 Å². The van der Waals surface area contributed by atoms with Crippen LogP contribution >= 0.6 is 0 Å². The molecule has 0 heterocycles. The maximum atomic E-state index is 5.63. The Bertz CT molecular complexity index is 301. The first-order valence-electron chi connectivity index (χ1n) is 3.63. The lowest BCUT2D eigenvalue weighted by atomic mass is 10.1. The molecule has 0 aliphatic heterocycles. The highest BCUT2D eigenvalue weighted by atomic mass is 16.5. The van der Waals surface area contributed by atoms with Crippen LogP contribution in [0.2, 0.25) is 0 Å². The molecule has 1 aromatic carbocycles. The van der Waals surface area contributed by atoms with Gasteiger partial charge in [0.2, 0.25) is 0 Å². The highest BCUT2D eigenvalue weighted by Crippen LogP contribution is 2.16. The minimum atomic E-state index is -0.347. The summed E-state index contributed by atoms with van der Waals surface area (Å²) < 4.78 is 5.03. The smallest absolute Gasteiger partial charge is 0.119 e. The molecule has 2 nitrogen and oxygen atoms in total. The van der Waals surface area contributed by atoms with E-state index in [9.17, 15) is 0 Å². The summed E-state index contributed by atoms with van der Waals surface area (Å²) >= 11 is 0. The Morgan fingerprint density at radius 1 is 1.58 bits per heavy atom. The van der Waals surface area contributed by atoms with Crippen LogP contribution in [0.1, 0.15) is 11.6 Å². The predicted octanol–water partition coefficient (Wildman–Crippen LogP) is 1.33. The molecule has 1 atom stereocenters. The van der Waals surface area contributed by atoms with Gasteiger partial charge in [0.15, 0.2) is 0 Å². The minimum Gasteiger partial charge on any atom is -0.497 e. The van der Waals surface area contributed by atoms with Crippen molar-refractivity contribution in [2.75, 3.05) is 7.11 Å². The summed E-state index contributed by atoms with van der Waals surface area (Å²) in [6, 6.07) is 7.09. The summed E-state index contributed by atoms with van der Waals surface area (Å²) in [5.74, 6) is 3.23. The van der Waals surface area contributed by atoms with Gasteiger partial charge < -0.3 is 10.5 Å². The third kappa shape index (κ3) is 1.77. The monoisotopic (exact) mass is 161 g/mol. The average molecular weight is 161 g/mol. The molecule has 0 radical (unpaired) electrons. The Labute approximate surface area is 72.3 Å². The molecule has 1 unspecified atom stereocenters. The van der Waals surface area contributed by atoms with E-state index in [1.54, 1.807) is 7.11 Å². The molecule has 1 aromatic rings. The molecule has 12 heavy (non-hydrogen) atoms. The molecule has 2 N–H and O–H groups in total. The van der Waals surface area contributed by atoms with Gasteiger partial charge in [-0.15, -0.1) is 6.42 Å². The van der Waals surface area contributed by atoms with Crippen molar-refractivity contribution in [1.82, 2.24) is 0 Å². The fourth-order valence-corrected chi connectivity index (χ4v) is 0.931. The van der Waals surface area contributed by atoms with Crippen molar-refractivity contribution >= 4 is 0 Å². The van der Waals surface area contributed by atoms with Crippen LogP contribution < -0.4 is 10.5 Å². The van der Waals surface area contributed by atoms with Crippen LogP contribution in [0.15, 0.2) is 24.3 Å². The number of hydrogen-bond donors (Lipinski definition) is 1. The lowest BCUT2D eigenvalue weighted by Gasteiger charge is -2.06. The number of hydrogen-bond acceptors (Lipinski definition) is 2. The molecular formula is C10H11NO. The average Bonchev–Trinajstić information content (AvgIpc) is 2.17. The maximum absolute atomic E-state index is 5.63. The van der Waals surface area contributed by atoms with Crippen LogP contribution in [0.5, 0.6) is 5.75 Å². The molecule has 0 amide bonds. The number of rotatable bonds is 2. The Balaban J connectivity index is 2.95. The zero-order chi connectivity index (χ0) is 8.97. The van der Waals surface area contributed by atoms with E-state index >= 15 is 0 Å². The van der Waals surface area contributed by atoms with Crippen molar-refractivity contribution < 1.29 is 4.74 Å². The van der Waals surface area contributed by atoms with E-state index in [0.29, 0.717) is 0 Å². The van der Waals surface area contributed by atoms with Gasteiger partial charge in [0, 0.05) is 0 Å². The normalized spacial score (nSPS) is 11.8. The van der Waals surface area contributed by atoms with Crippen molar-refractivity contribution in [2.45, 2.75) is 6.04 Å². The third-order valence-corrected chi connectivity index (χ3v) is 1.63. The SMILES string of the molecule is C#CC(N)c1cccc(OC)c1. The molecule has 0 bridgehead atoms. The number of benzene rings is 1. The van der Waals surface area contributed by atoms with Gasteiger partial charge in [0.1, 0.15) is 5.75 Å². The zero-order valence-corrected chi connectivity index (χ0v) is 6.95. The van der Waals surface area contributed by atoms with Gasteiger partial charge in [0.25, 0.3) is 0 Å². The molecule has 0 saturated carbocycles. The molecule has 0 aliphatic carbocycles. The summed E-state index contributed by atoms with van der Waals surface area (Å²) in [7, 11) is 1.61. The Morgan fingerprint density at radius 3 is 2.92 bits per heavy atom. The first-order chi connectivity index (χ1) is 5.77. The second kappa shape index (κ2) is 3.80. The number of nitrogens with two attached hydrogens (primary N) is 1. The minimum absolute atomic E-state index is 0.347. The second-order valence-corrected chi connectivity index (χ2v) is 2.42. The van der Waals surface area contributed by atoms with Gasteiger partial charge in [-0.2, -0.15) is 0 Å². The molecule has 1 rings (SSSR count). The quantitative estimate of drug-likeness (QED) is 0.664. The van der Waals surface area contributed by atoms with Crippen molar-refractivity contribution in [1.29, 1.82) is 0 Å². The second-order valence-electron chi connectivity index (χ2n) is 2.42. The predicted molar refractivity (Wildman–Crippen MR) is 48.8 cm³/mol. The van der Waals surface area contributed by atoms with E-state index in [-0.39, 0.29) is 6.04 Å². The third-order valence-electron chi connectivity index (χ3n) is 1.63. The van der Waals surface area contributed by atoms with Gasteiger partial charge >= 0.3 is 0 Å². The molecule has 2 heteroatoms. The summed E-state index contributed by atoms with van der Waals surface area (Å²) in [6.07, 6.45) is 5.18. The Morgan fingerprint density at radius 2 is 2.33 bits per heavy atom. The fraction of sp³-hybridized carbons (Fsp3) is 0.200. The Kier molecular flexibility index (Phi) is 2.73. The topological polar surface area (TPSA) is 35.2 Å². The molecule has 0 spiro atoms. The van der Waals surface area contributed by atoms with E-state index < -0.39 is 0 Å². The molecule has 0 saturated heterocycles. The van der Waals surface area contributed by atoms with E-state index in [0.717, 1.165) is 11.3 Å². The first-order valence-corrected chi connectivity index (χ1v) is 3.63. The van der Waals surface area contributed by atoms with Gasteiger partial charge in [0.05, 0.1) is 13.2 Å². The van der Waals surface area contributed by atoms with Crippen LogP contribution in [0.25, 0.3) is 0 Å². The fourth-order valence-electron chi connectivity index (χ4n) is 0.931. The molecule has 0 fully saturated rings. The van der Waals surface area contributed by atoms with Crippen LogP contribution in [-0.2, 0) is 0 Å².